The summed E-state index contributed by atoms with van der Waals surface area (Å²) in [6.45, 7) is 1.55. The van der Waals surface area contributed by atoms with E-state index < -0.39 is 11.9 Å². The highest BCUT2D eigenvalue weighted by Gasteiger charge is 2.37. The molecule has 0 fully saturated rings. The smallest absolute Gasteiger partial charge is 0.282 e. The van der Waals surface area contributed by atoms with Crippen molar-refractivity contribution >= 4 is 0 Å². The topological polar surface area (TPSA) is 41.6 Å². The van der Waals surface area contributed by atoms with Crippen LogP contribution < -0.4 is 0 Å². The lowest BCUT2D eigenvalue weighted by atomic mass is 10.1. The zero-order valence-electron chi connectivity index (χ0n) is 8.34. The van der Waals surface area contributed by atoms with Gasteiger partial charge in [-0.2, -0.15) is 18.3 Å². The Morgan fingerprint density at radius 3 is 2.62 bits per heavy atom. The van der Waals surface area contributed by atoms with Crippen LogP contribution in [0, 0.1) is 6.92 Å². The fourth-order valence-electron chi connectivity index (χ4n) is 1.50. The van der Waals surface area contributed by atoms with E-state index in [1.54, 1.807) is 19.1 Å². The van der Waals surface area contributed by atoms with Crippen LogP contribution in [-0.2, 0) is 6.18 Å². The molecule has 2 aromatic rings. The van der Waals surface area contributed by atoms with Gasteiger partial charge in [0.15, 0.2) is 5.69 Å². The molecule has 0 saturated heterocycles. The molecule has 6 heteroatoms. The molecule has 0 aliphatic carbocycles. The molecule has 0 aliphatic heterocycles. The molecule has 84 valence electrons. The number of halogens is 3. The number of pyridine rings is 1. The zero-order valence-corrected chi connectivity index (χ0v) is 8.34. The van der Waals surface area contributed by atoms with E-state index in [1.807, 2.05) is 0 Å². The van der Waals surface area contributed by atoms with Crippen molar-refractivity contribution in [3.8, 4) is 11.1 Å². The predicted molar refractivity (Wildman–Crippen MR) is 51.6 cm³/mol. The van der Waals surface area contributed by atoms with E-state index in [-0.39, 0.29) is 5.56 Å². The number of H-pyrrole nitrogens is 1. The van der Waals surface area contributed by atoms with Gasteiger partial charge in [0.25, 0.3) is 0 Å². The maximum atomic E-state index is 12.6. The molecule has 0 atom stereocenters. The first kappa shape index (κ1) is 10.7. The second-order valence-corrected chi connectivity index (χ2v) is 3.31. The van der Waals surface area contributed by atoms with Gasteiger partial charge < -0.3 is 0 Å². The van der Waals surface area contributed by atoms with Crippen LogP contribution in [-0.4, -0.2) is 15.2 Å². The normalized spacial score (nSPS) is 11.8. The molecule has 1 N–H and O–H groups in total. The van der Waals surface area contributed by atoms with Crippen molar-refractivity contribution in [1.29, 1.82) is 0 Å². The Hall–Kier alpha value is -1.85. The Labute approximate surface area is 89.3 Å². The second-order valence-electron chi connectivity index (χ2n) is 3.31. The van der Waals surface area contributed by atoms with Gasteiger partial charge in [-0.05, 0) is 13.0 Å². The minimum atomic E-state index is -4.46. The number of alkyl halides is 3. The third kappa shape index (κ3) is 1.78. The molecule has 3 nitrogen and oxygen atoms in total. The Bertz CT molecular complexity index is 488. The van der Waals surface area contributed by atoms with E-state index in [1.165, 1.54) is 12.4 Å². The monoisotopic (exact) mass is 227 g/mol. The van der Waals surface area contributed by atoms with Gasteiger partial charge in [-0.3, -0.25) is 10.1 Å². The summed E-state index contributed by atoms with van der Waals surface area (Å²) in [5.74, 6) is 0. The van der Waals surface area contributed by atoms with Crippen LogP contribution in [0.5, 0.6) is 0 Å². The Morgan fingerprint density at radius 1 is 1.31 bits per heavy atom. The number of nitrogens with one attached hydrogen (secondary N) is 1. The molecule has 0 aromatic carbocycles. The third-order valence-electron chi connectivity index (χ3n) is 2.17. The lowest BCUT2D eigenvalue weighted by molar-refractivity contribution is -0.140. The Morgan fingerprint density at radius 2 is 2.06 bits per heavy atom. The van der Waals surface area contributed by atoms with Crippen LogP contribution in [0.4, 0.5) is 13.2 Å². The van der Waals surface area contributed by atoms with E-state index >= 15 is 0 Å². The molecule has 0 radical (unpaired) electrons. The van der Waals surface area contributed by atoms with E-state index in [0.29, 0.717) is 11.3 Å². The number of aromatic amines is 1. The van der Waals surface area contributed by atoms with Crippen LogP contribution in [0.1, 0.15) is 11.4 Å². The first-order chi connectivity index (χ1) is 7.50. The molecule has 2 aromatic heterocycles. The average Bonchev–Trinajstić information content (AvgIpc) is 2.61. The Kier molecular flexibility index (Phi) is 2.41. The Balaban J connectivity index is 2.61. The summed E-state index contributed by atoms with van der Waals surface area (Å²) in [6, 6.07) is 3.15. The highest BCUT2D eigenvalue weighted by Crippen LogP contribution is 2.36. The molecule has 0 unspecified atom stereocenters. The molecule has 0 aliphatic rings. The van der Waals surface area contributed by atoms with E-state index in [9.17, 15) is 13.2 Å². The van der Waals surface area contributed by atoms with Crippen molar-refractivity contribution < 1.29 is 13.2 Å². The number of hydrogen-bond acceptors (Lipinski definition) is 2. The average molecular weight is 227 g/mol. The number of hydrogen-bond donors (Lipinski definition) is 1. The van der Waals surface area contributed by atoms with Gasteiger partial charge in [0, 0.05) is 29.2 Å². The summed E-state index contributed by atoms with van der Waals surface area (Å²) in [7, 11) is 0. The van der Waals surface area contributed by atoms with E-state index in [0.717, 1.165) is 0 Å². The molecule has 0 amide bonds. The molecular weight excluding hydrogens is 219 g/mol. The molecule has 16 heavy (non-hydrogen) atoms. The van der Waals surface area contributed by atoms with Crippen molar-refractivity contribution in [2.75, 3.05) is 0 Å². The number of aromatic nitrogens is 3. The van der Waals surface area contributed by atoms with E-state index in [4.69, 9.17) is 0 Å². The summed E-state index contributed by atoms with van der Waals surface area (Å²) >= 11 is 0. The lowest BCUT2D eigenvalue weighted by Crippen LogP contribution is -2.07. The second kappa shape index (κ2) is 3.62. The number of aryl methyl sites for hydroxylation is 1. The maximum absolute atomic E-state index is 12.6. The molecule has 2 rings (SSSR count). The minimum absolute atomic E-state index is 0.0561. The fourth-order valence-corrected chi connectivity index (χ4v) is 1.50. The summed E-state index contributed by atoms with van der Waals surface area (Å²) in [5.41, 5.74) is -0.0694. The van der Waals surface area contributed by atoms with Crippen molar-refractivity contribution in [2.45, 2.75) is 13.1 Å². The lowest BCUT2D eigenvalue weighted by Gasteiger charge is -2.06. The summed E-state index contributed by atoms with van der Waals surface area (Å²) in [4.78, 5) is 3.80. The van der Waals surface area contributed by atoms with Gasteiger partial charge in [-0.15, -0.1) is 0 Å². The minimum Gasteiger partial charge on any atom is -0.282 e. The van der Waals surface area contributed by atoms with Crippen LogP contribution in [0.15, 0.2) is 24.5 Å². The summed E-state index contributed by atoms with van der Waals surface area (Å²) in [5, 5.41) is 5.63. The van der Waals surface area contributed by atoms with Crippen molar-refractivity contribution in [3.05, 3.63) is 35.9 Å². The quantitative estimate of drug-likeness (QED) is 0.813. The standard InChI is InChI=1S/C10H8F3N3/c1-6-8(7-3-2-4-14-5-7)9(16-15-6)10(11,12)13/h2-5H,1H3,(H,15,16). The van der Waals surface area contributed by atoms with Gasteiger partial charge in [-0.25, -0.2) is 0 Å². The first-order valence-corrected chi connectivity index (χ1v) is 4.52. The van der Waals surface area contributed by atoms with Crippen molar-refractivity contribution in [1.82, 2.24) is 15.2 Å². The predicted octanol–water partition coefficient (Wildman–Crippen LogP) is 2.80. The van der Waals surface area contributed by atoms with Crippen molar-refractivity contribution in [3.63, 3.8) is 0 Å². The highest BCUT2D eigenvalue weighted by molar-refractivity contribution is 5.68. The summed E-state index contributed by atoms with van der Waals surface area (Å²) in [6.07, 6.45) is -1.57. The van der Waals surface area contributed by atoms with Gasteiger partial charge in [0.2, 0.25) is 0 Å². The largest absolute Gasteiger partial charge is 0.435 e. The van der Waals surface area contributed by atoms with Crippen LogP contribution in [0.25, 0.3) is 11.1 Å². The van der Waals surface area contributed by atoms with Crippen LogP contribution >= 0.6 is 0 Å². The van der Waals surface area contributed by atoms with Gasteiger partial charge in [-0.1, -0.05) is 6.07 Å². The van der Waals surface area contributed by atoms with Gasteiger partial charge in [0.1, 0.15) is 0 Å². The highest BCUT2D eigenvalue weighted by atomic mass is 19.4. The number of nitrogens with zero attached hydrogens (tertiary/aromatic N) is 2. The van der Waals surface area contributed by atoms with Crippen LogP contribution in [0.3, 0.4) is 0 Å². The zero-order chi connectivity index (χ0) is 11.8. The van der Waals surface area contributed by atoms with Gasteiger partial charge >= 0.3 is 6.18 Å². The first-order valence-electron chi connectivity index (χ1n) is 4.52. The van der Waals surface area contributed by atoms with Gasteiger partial charge in [0.05, 0.1) is 0 Å². The third-order valence-corrected chi connectivity index (χ3v) is 2.17. The van der Waals surface area contributed by atoms with Crippen LogP contribution in [0.2, 0.25) is 0 Å². The number of rotatable bonds is 1. The molecular formula is C10H8F3N3. The van der Waals surface area contributed by atoms with E-state index in [2.05, 4.69) is 15.2 Å². The SMILES string of the molecule is Cc1[nH]nc(C(F)(F)F)c1-c1cccnc1. The fraction of sp³-hybridized carbons (Fsp3) is 0.200. The summed E-state index contributed by atoms with van der Waals surface area (Å²) < 4.78 is 37.9. The molecule has 2 heterocycles. The van der Waals surface area contributed by atoms with Crippen molar-refractivity contribution in [2.24, 2.45) is 0 Å². The molecule has 0 bridgehead atoms. The molecule has 0 saturated carbocycles. The molecule has 0 spiro atoms. The maximum Gasteiger partial charge on any atom is 0.435 e.